The van der Waals surface area contributed by atoms with E-state index in [1.54, 1.807) is 6.07 Å². The van der Waals surface area contributed by atoms with Crippen molar-refractivity contribution in [1.29, 1.82) is 0 Å². The Bertz CT molecular complexity index is 697. The van der Waals surface area contributed by atoms with Gasteiger partial charge in [-0.2, -0.15) is 8.42 Å². The van der Waals surface area contributed by atoms with E-state index in [4.69, 9.17) is 4.18 Å². The Labute approximate surface area is 206 Å². The predicted molar refractivity (Wildman–Crippen MR) is 142 cm³/mol. The van der Waals surface area contributed by atoms with Crippen molar-refractivity contribution in [3.63, 3.8) is 0 Å². The zero-order valence-electron chi connectivity index (χ0n) is 22.0. The summed E-state index contributed by atoms with van der Waals surface area (Å²) in [5.41, 5.74) is 2.21. The molecule has 0 aliphatic carbocycles. The molecule has 4 heteroatoms. The molecule has 3 nitrogen and oxygen atoms in total. The third-order valence-electron chi connectivity index (χ3n) is 6.80. The Morgan fingerprint density at radius 3 is 1.48 bits per heavy atom. The topological polar surface area (TPSA) is 43.4 Å². The van der Waals surface area contributed by atoms with E-state index in [0.717, 1.165) is 31.2 Å². The van der Waals surface area contributed by atoms with Gasteiger partial charge in [0, 0.05) is 0 Å². The summed E-state index contributed by atoms with van der Waals surface area (Å²) in [5.74, 6) is 0. The molecule has 0 fully saturated rings. The van der Waals surface area contributed by atoms with Gasteiger partial charge in [0.05, 0.1) is 12.0 Å². The SMILES string of the molecule is CCCCCCCCCCCc1cccc(S(=O)(=O)OC)c1CCCCCCCCCCC. The molecule has 0 radical (unpaired) electrons. The fourth-order valence-corrected chi connectivity index (χ4v) is 5.65. The molecule has 1 aromatic carbocycles. The van der Waals surface area contributed by atoms with Crippen molar-refractivity contribution in [2.24, 2.45) is 0 Å². The predicted octanol–water partition coefficient (Wildman–Crippen LogP) is 9.17. The lowest BCUT2D eigenvalue weighted by molar-refractivity contribution is 0.397. The van der Waals surface area contributed by atoms with Gasteiger partial charge in [0.15, 0.2) is 0 Å². The van der Waals surface area contributed by atoms with Crippen LogP contribution in [-0.2, 0) is 27.1 Å². The van der Waals surface area contributed by atoms with Crippen LogP contribution in [0.25, 0.3) is 0 Å². The van der Waals surface area contributed by atoms with Gasteiger partial charge in [-0.1, -0.05) is 129 Å². The Hall–Kier alpha value is -0.870. The van der Waals surface area contributed by atoms with Crippen LogP contribution in [0.3, 0.4) is 0 Å². The number of unbranched alkanes of at least 4 members (excludes halogenated alkanes) is 16. The van der Waals surface area contributed by atoms with E-state index in [2.05, 4.69) is 19.9 Å². The van der Waals surface area contributed by atoms with Crippen LogP contribution in [-0.4, -0.2) is 15.5 Å². The zero-order valence-corrected chi connectivity index (χ0v) is 22.8. The van der Waals surface area contributed by atoms with E-state index >= 15 is 0 Å². The molecule has 0 heterocycles. The molecule has 1 rings (SSSR count). The number of benzene rings is 1. The van der Waals surface area contributed by atoms with E-state index in [9.17, 15) is 8.42 Å². The summed E-state index contributed by atoms with van der Waals surface area (Å²) in [5, 5.41) is 0. The normalized spacial score (nSPS) is 11.8. The van der Waals surface area contributed by atoms with Crippen molar-refractivity contribution in [3.8, 4) is 0 Å². The first-order chi connectivity index (χ1) is 16.1. The maximum absolute atomic E-state index is 12.5. The van der Waals surface area contributed by atoms with E-state index in [0.29, 0.717) is 4.90 Å². The molecule has 192 valence electrons. The standard InChI is InChI=1S/C29H52O3S/c1-4-6-8-10-12-14-16-18-20-23-27-24-22-26-29(33(30,31)32-3)28(27)25-21-19-17-15-13-11-9-7-5-2/h22,24,26H,4-21,23,25H2,1-3H3. The Morgan fingerprint density at radius 2 is 1.03 bits per heavy atom. The average Bonchev–Trinajstić information content (AvgIpc) is 2.82. The van der Waals surface area contributed by atoms with E-state index in [1.807, 2.05) is 6.07 Å². The molecule has 0 aliphatic heterocycles. The van der Waals surface area contributed by atoms with E-state index in [1.165, 1.54) is 115 Å². The first-order valence-corrected chi connectivity index (χ1v) is 15.4. The van der Waals surface area contributed by atoms with E-state index < -0.39 is 10.1 Å². The van der Waals surface area contributed by atoms with E-state index in [-0.39, 0.29) is 0 Å². The van der Waals surface area contributed by atoms with Crippen molar-refractivity contribution in [1.82, 2.24) is 0 Å². The summed E-state index contributed by atoms with van der Waals surface area (Å²) in [6, 6.07) is 5.74. The highest BCUT2D eigenvalue weighted by atomic mass is 32.2. The van der Waals surface area contributed by atoms with Gasteiger partial charge in [0.25, 0.3) is 10.1 Å². The number of rotatable bonds is 22. The van der Waals surface area contributed by atoms with Crippen LogP contribution in [0, 0.1) is 0 Å². The number of hydrogen-bond acceptors (Lipinski definition) is 3. The molecule has 0 unspecified atom stereocenters. The van der Waals surface area contributed by atoms with Gasteiger partial charge >= 0.3 is 0 Å². The summed E-state index contributed by atoms with van der Waals surface area (Å²) < 4.78 is 30.0. The van der Waals surface area contributed by atoms with Gasteiger partial charge in [0.2, 0.25) is 0 Å². The second-order valence-electron chi connectivity index (χ2n) is 9.67. The minimum Gasteiger partial charge on any atom is -0.270 e. The molecule has 0 saturated heterocycles. The van der Waals surface area contributed by atoms with Crippen LogP contribution in [0.5, 0.6) is 0 Å². The number of aryl methyl sites for hydroxylation is 1. The Balaban J connectivity index is 2.51. The van der Waals surface area contributed by atoms with Gasteiger partial charge in [0.1, 0.15) is 0 Å². The highest BCUT2D eigenvalue weighted by molar-refractivity contribution is 7.86. The highest BCUT2D eigenvalue weighted by Gasteiger charge is 2.20. The summed E-state index contributed by atoms with van der Waals surface area (Å²) >= 11 is 0. The van der Waals surface area contributed by atoms with Gasteiger partial charge < -0.3 is 0 Å². The smallest absolute Gasteiger partial charge is 0.270 e. The lowest BCUT2D eigenvalue weighted by atomic mass is 9.96. The third-order valence-corrected chi connectivity index (χ3v) is 8.16. The van der Waals surface area contributed by atoms with Gasteiger partial charge in [-0.3, -0.25) is 4.18 Å². The molecule has 0 bridgehead atoms. The Morgan fingerprint density at radius 1 is 0.606 bits per heavy atom. The summed E-state index contributed by atoms with van der Waals surface area (Å²) in [4.78, 5) is 0.387. The average molecular weight is 481 g/mol. The van der Waals surface area contributed by atoms with Gasteiger partial charge in [-0.25, -0.2) is 0 Å². The summed E-state index contributed by atoms with van der Waals surface area (Å²) in [6.45, 7) is 4.52. The van der Waals surface area contributed by atoms with Crippen LogP contribution < -0.4 is 0 Å². The second-order valence-corrected chi connectivity index (χ2v) is 11.4. The first-order valence-electron chi connectivity index (χ1n) is 14.0. The summed E-state index contributed by atoms with van der Waals surface area (Å²) in [7, 11) is -2.39. The maximum atomic E-state index is 12.5. The Kier molecular flexibility index (Phi) is 17.8. The quantitative estimate of drug-likeness (QED) is 0.123. The number of hydrogen-bond donors (Lipinski definition) is 0. The van der Waals surface area contributed by atoms with Gasteiger partial charge in [-0.15, -0.1) is 0 Å². The molecule has 0 N–H and O–H groups in total. The van der Waals surface area contributed by atoms with Crippen molar-refractivity contribution in [2.75, 3.05) is 7.11 Å². The first kappa shape index (κ1) is 30.2. The fourth-order valence-electron chi connectivity index (χ4n) is 4.69. The zero-order chi connectivity index (χ0) is 24.2. The minimum absolute atomic E-state index is 0.387. The minimum atomic E-state index is -3.66. The second kappa shape index (κ2) is 19.4. The lowest BCUT2D eigenvalue weighted by Gasteiger charge is -2.15. The largest absolute Gasteiger partial charge is 0.296 e. The van der Waals surface area contributed by atoms with Crippen LogP contribution >= 0.6 is 0 Å². The molecule has 0 aliphatic rings. The monoisotopic (exact) mass is 480 g/mol. The van der Waals surface area contributed by atoms with Crippen LogP contribution in [0.4, 0.5) is 0 Å². The van der Waals surface area contributed by atoms with Crippen LogP contribution in [0.15, 0.2) is 23.1 Å². The third kappa shape index (κ3) is 13.6. The molecule has 0 spiro atoms. The van der Waals surface area contributed by atoms with Crippen molar-refractivity contribution < 1.29 is 12.6 Å². The highest BCUT2D eigenvalue weighted by Crippen LogP contribution is 2.26. The molecule has 33 heavy (non-hydrogen) atoms. The molecular formula is C29H52O3S. The van der Waals surface area contributed by atoms with Crippen LogP contribution in [0.1, 0.15) is 141 Å². The molecule has 0 saturated carbocycles. The molecule has 0 aromatic heterocycles. The lowest BCUT2D eigenvalue weighted by Crippen LogP contribution is -2.09. The van der Waals surface area contributed by atoms with Crippen LogP contribution in [0.2, 0.25) is 0 Å². The molecule has 1 aromatic rings. The van der Waals surface area contributed by atoms with Crippen molar-refractivity contribution in [2.45, 2.75) is 147 Å². The summed E-state index contributed by atoms with van der Waals surface area (Å²) in [6.07, 6.45) is 25.0. The molecular weight excluding hydrogens is 428 g/mol. The van der Waals surface area contributed by atoms with Crippen molar-refractivity contribution >= 4 is 10.1 Å². The fraction of sp³-hybridized carbons (Fsp3) is 0.793. The maximum Gasteiger partial charge on any atom is 0.296 e. The van der Waals surface area contributed by atoms with Crippen molar-refractivity contribution in [3.05, 3.63) is 29.3 Å². The molecule has 0 atom stereocenters. The molecule has 0 amide bonds. The van der Waals surface area contributed by atoms with Gasteiger partial charge in [-0.05, 0) is 42.9 Å².